The van der Waals surface area contributed by atoms with Gasteiger partial charge in [0.15, 0.2) is 9.84 Å². The van der Waals surface area contributed by atoms with Gasteiger partial charge < -0.3 is 5.32 Å². The van der Waals surface area contributed by atoms with Crippen LogP contribution in [0.15, 0.2) is 30.3 Å². The standard InChI is InChI=1S/C14H19NO3S/c1-14(2,11-6-4-3-5-7-11)13(16)15-12-8-9-19(17,18)10-12/h3-7,12H,8-10H2,1-2H3,(H,15,16). The van der Waals surface area contributed by atoms with E-state index in [1.54, 1.807) is 0 Å². The maximum absolute atomic E-state index is 12.3. The molecule has 104 valence electrons. The first-order valence-corrected chi connectivity index (χ1v) is 8.20. The quantitative estimate of drug-likeness (QED) is 0.907. The fourth-order valence-electron chi connectivity index (χ4n) is 2.26. The minimum atomic E-state index is -2.97. The summed E-state index contributed by atoms with van der Waals surface area (Å²) in [7, 11) is -2.97. The molecular weight excluding hydrogens is 262 g/mol. The third-order valence-corrected chi connectivity index (χ3v) is 5.40. The Morgan fingerprint density at radius 2 is 1.89 bits per heavy atom. The molecule has 1 heterocycles. The van der Waals surface area contributed by atoms with Crippen LogP contribution >= 0.6 is 0 Å². The first kappa shape index (κ1) is 14.1. The summed E-state index contributed by atoms with van der Waals surface area (Å²) >= 11 is 0. The molecule has 1 aliphatic rings. The predicted octanol–water partition coefficient (Wildman–Crippen LogP) is 1.27. The summed E-state index contributed by atoms with van der Waals surface area (Å²) in [5, 5.41) is 2.86. The van der Waals surface area contributed by atoms with Crippen LogP contribution < -0.4 is 5.32 Å². The van der Waals surface area contributed by atoms with E-state index in [9.17, 15) is 13.2 Å². The molecule has 5 heteroatoms. The van der Waals surface area contributed by atoms with Crippen molar-refractivity contribution >= 4 is 15.7 Å². The number of benzene rings is 1. The second-order valence-corrected chi connectivity index (χ2v) is 7.79. The highest BCUT2D eigenvalue weighted by Crippen LogP contribution is 2.24. The van der Waals surface area contributed by atoms with E-state index in [2.05, 4.69) is 5.32 Å². The lowest BCUT2D eigenvalue weighted by atomic mass is 9.83. The van der Waals surface area contributed by atoms with E-state index < -0.39 is 15.3 Å². The Bertz CT molecular complexity index is 564. The van der Waals surface area contributed by atoms with Crippen LogP contribution in [0.5, 0.6) is 0 Å². The van der Waals surface area contributed by atoms with Crippen LogP contribution in [0.4, 0.5) is 0 Å². The number of hydrogen-bond acceptors (Lipinski definition) is 3. The summed E-state index contributed by atoms with van der Waals surface area (Å²) in [6.45, 7) is 3.70. The summed E-state index contributed by atoms with van der Waals surface area (Å²) in [5.74, 6) is 0.105. The van der Waals surface area contributed by atoms with Gasteiger partial charge in [0.2, 0.25) is 5.91 Å². The predicted molar refractivity (Wildman–Crippen MR) is 74.7 cm³/mol. The Hall–Kier alpha value is -1.36. The van der Waals surface area contributed by atoms with Gasteiger partial charge in [-0.3, -0.25) is 4.79 Å². The van der Waals surface area contributed by atoms with Crippen LogP contribution in [0.2, 0.25) is 0 Å². The van der Waals surface area contributed by atoms with Gasteiger partial charge in [0, 0.05) is 6.04 Å². The highest BCUT2D eigenvalue weighted by molar-refractivity contribution is 7.91. The third kappa shape index (κ3) is 3.15. The number of sulfone groups is 1. The molecule has 1 aromatic carbocycles. The SMILES string of the molecule is CC(C)(C(=O)NC1CCS(=O)(=O)C1)c1ccccc1. The van der Waals surface area contributed by atoms with Crippen molar-refractivity contribution in [3.05, 3.63) is 35.9 Å². The zero-order valence-electron chi connectivity index (χ0n) is 11.2. The molecule has 0 aliphatic carbocycles. The monoisotopic (exact) mass is 281 g/mol. The van der Waals surface area contributed by atoms with E-state index in [1.807, 2.05) is 44.2 Å². The van der Waals surface area contributed by atoms with E-state index in [-0.39, 0.29) is 23.5 Å². The summed E-state index contributed by atoms with van der Waals surface area (Å²) in [5.41, 5.74) is 0.265. The second-order valence-electron chi connectivity index (χ2n) is 5.56. The Balaban J connectivity index is 2.08. The first-order chi connectivity index (χ1) is 8.81. The largest absolute Gasteiger partial charge is 0.352 e. The summed E-state index contributed by atoms with van der Waals surface area (Å²) in [6.07, 6.45) is 0.513. The lowest BCUT2D eigenvalue weighted by Crippen LogP contribution is -2.45. The van der Waals surface area contributed by atoms with E-state index >= 15 is 0 Å². The summed E-state index contributed by atoms with van der Waals surface area (Å²) in [6, 6.07) is 9.26. The molecule has 1 unspecified atom stereocenters. The number of carbonyl (C=O) groups excluding carboxylic acids is 1. The van der Waals surface area contributed by atoms with Crippen LogP contribution in [0.3, 0.4) is 0 Å². The van der Waals surface area contributed by atoms with Gasteiger partial charge in [-0.05, 0) is 25.8 Å². The molecular formula is C14H19NO3S. The fourth-order valence-corrected chi connectivity index (χ4v) is 3.93. The van der Waals surface area contributed by atoms with Gasteiger partial charge in [-0.1, -0.05) is 30.3 Å². The summed E-state index contributed by atoms with van der Waals surface area (Å²) < 4.78 is 22.8. The summed E-state index contributed by atoms with van der Waals surface area (Å²) in [4.78, 5) is 12.3. The van der Waals surface area contributed by atoms with Crippen LogP contribution in [-0.4, -0.2) is 31.9 Å². The normalized spacial score (nSPS) is 22.1. The lowest BCUT2D eigenvalue weighted by molar-refractivity contribution is -0.126. The van der Waals surface area contributed by atoms with Crippen molar-refractivity contribution in [2.45, 2.75) is 31.7 Å². The number of nitrogens with one attached hydrogen (secondary N) is 1. The Kier molecular flexibility index (Phi) is 3.67. The van der Waals surface area contributed by atoms with Gasteiger partial charge in [-0.25, -0.2) is 8.42 Å². The average Bonchev–Trinajstić information content (AvgIpc) is 2.69. The van der Waals surface area contributed by atoms with Gasteiger partial charge >= 0.3 is 0 Å². The fraction of sp³-hybridized carbons (Fsp3) is 0.500. The van der Waals surface area contributed by atoms with E-state index in [0.717, 1.165) is 5.56 Å². The topological polar surface area (TPSA) is 63.2 Å². The molecule has 4 nitrogen and oxygen atoms in total. The maximum atomic E-state index is 12.3. The van der Waals surface area contributed by atoms with Gasteiger partial charge in [-0.2, -0.15) is 0 Å². The Labute approximate surface area is 114 Å². The molecule has 1 aliphatic heterocycles. The molecule has 1 N–H and O–H groups in total. The van der Waals surface area contributed by atoms with Crippen LogP contribution in [0, 0.1) is 0 Å². The molecule has 0 bridgehead atoms. The van der Waals surface area contributed by atoms with Crippen molar-refractivity contribution in [2.75, 3.05) is 11.5 Å². The molecule has 0 spiro atoms. The highest BCUT2D eigenvalue weighted by Gasteiger charge is 2.34. The maximum Gasteiger partial charge on any atom is 0.230 e. The average molecular weight is 281 g/mol. The molecule has 0 saturated carbocycles. The van der Waals surface area contributed by atoms with Crippen molar-refractivity contribution in [3.8, 4) is 0 Å². The molecule has 1 aromatic rings. The van der Waals surface area contributed by atoms with Crippen molar-refractivity contribution in [1.29, 1.82) is 0 Å². The Morgan fingerprint density at radius 1 is 1.26 bits per heavy atom. The van der Waals surface area contributed by atoms with Crippen molar-refractivity contribution < 1.29 is 13.2 Å². The van der Waals surface area contributed by atoms with Crippen LogP contribution in [0.1, 0.15) is 25.8 Å². The molecule has 19 heavy (non-hydrogen) atoms. The van der Waals surface area contributed by atoms with Gasteiger partial charge in [0.25, 0.3) is 0 Å². The number of hydrogen-bond donors (Lipinski definition) is 1. The Morgan fingerprint density at radius 3 is 2.42 bits per heavy atom. The molecule has 0 aromatic heterocycles. The van der Waals surface area contributed by atoms with Gasteiger partial charge in [0.1, 0.15) is 0 Å². The zero-order chi connectivity index (χ0) is 14.1. The molecule has 2 rings (SSSR count). The number of amides is 1. The zero-order valence-corrected chi connectivity index (χ0v) is 12.0. The molecule has 1 saturated heterocycles. The molecule has 0 radical (unpaired) electrons. The minimum Gasteiger partial charge on any atom is -0.352 e. The molecule has 1 atom stereocenters. The number of rotatable bonds is 3. The van der Waals surface area contributed by atoms with Crippen molar-refractivity contribution in [3.63, 3.8) is 0 Å². The first-order valence-electron chi connectivity index (χ1n) is 6.38. The lowest BCUT2D eigenvalue weighted by Gasteiger charge is -2.26. The van der Waals surface area contributed by atoms with Crippen LogP contribution in [-0.2, 0) is 20.0 Å². The van der Waals surface area contributed by atoms with Crippen molar-refractivity contribution in [1.82, 2.24) is 5.32 Å². The molecule has 1 amide bonds. The third-order valence-electron chi connectivity index (χ3n) is 3.63. The highest BCUT2D eigenvalue weighted by atomic mass is 32.2. The second kappa shape index (κ2) is 4.96. The molecule has 1 fully saturated rings. The van der Waals surface area contributed by atoms with E-state index in [0.29, 0.717) is 6.42 Å². The van der Waals surface area contributed by atoms with E-state index in [4.69, 9.17) is 0 Å². The smallest absolute Gasteiger partial charge is 0.230 e. The van der Waals surface area contributed by atoms with Crippen molar-refractivity contribution in [2.24, 2.45) is 0 Å². The van der Waals surface area contributed by atoms with Gasteiger partial charge in [-0.15, -0.1) is 0 Å². The van der Waals surface area contributed by atoms with E-state index in [1.165, 1.54) is 0 Å². The number of carbonyl (C=O) groups is 1. The van der Waals surface area contributed by atoms with Crippen LogP contribution in [0.25, 0.3) is 0 Å². The van der Waals surface area contributed by atoms with Gasteiger partial charge in [0.05, 0.1) is 16.9 Å². The minimum absolute atomic E-state index is 0.0591.